The summed E-state index contributed by atoms with van der Waals surface area (Å²) < 4.78 is 1.24. The van der Waals surface area contributed by atoms with Crippen molar-refractivity contribution in [1.82, 2.24) is 4.57 Å². The summed E-state index contributed by atoms with van der Waals surface area (Å²) in [5.74, 6) is 0. The highest BCUT2D eigenvalue weighted by Crippen LogP contribution is 2.20. The molecule has 0 aliphatic heterocycles. The van der Waals surface area contributed by atoms with E-state index in [1.54, 1.807) is 6.07 Å². The molecule has 0 fully saturated rings. The molecule has 0 atom stereocenters. The van der Waals surface area contributed by atoms with E-state index in [1.165, 1.54) is 29.8 Å². The lowest BCUT2D eigenvalue weighted by molar-refractivity contribution is -0.384. The van der Waals surface area contributed by atoms with Crippen LogP contribution in [-0.2, 0) is 7.05 Å². The average Bonchev–Trinajstić information content (AvgIpc) is 2.25. The fraction of sp³-hybridized carbons (Fsp3) is 0.100. The maximum absolute atomic E-state index is 11.8. The van der Waals surface area contributed by atoms with Gasteiger partial charge in [-0.3, -0.25) is 14.9 Å². The quantitative estimate of drug-likeness (QED) is 0.434. The Labute approximate surface area is 95.0 Å². The highest BCUT2D eigenvalue weighted by Gasteiger charge is 2.10. The summed E-state index contributed by atoms with van der Waals surface area (Å²) in [4.78, 5) is 21.8. The molecule has 1 aromatic heterocycles. The average molecular weight is 239 g/mol. The number of rotatable bonds is 1. The van der Waals surface area contributed by atoms with E-state index in [0.29, 0.717) is 15.9 Å². The molecule has 0 bridgehead atoms. The van der Waals surface area contributed by atoms with Crippen LogP contribution in [0.1, 0.15) is 0 Å². The van der Waals surface area contributed by atoms with Gasteiger partial charge < -0.3 is 4.57 Å². The molecule has 0 aliphatic carbocycles. The van der Waals surface area contributed by atoms with E-state index in [1.807, 2.05) is 0 Å². The molecule has 0 saturated carbocycles. The smallest absolute Gasteiger partial charge is 0.270 e. The van der Waals surface area contributed by atoms with Gasteiger partial charge in [0.2, 0.25) is 0 Å². The molecule has 16 heavy (non-hydrogen) atoms. The number of fused-ring (bicyclic) bond motifs is 1. The van der Waals surface area contributed by atoms with E-state index >= 15 is 0 Å². The summed E-state index contributed by atoms with van der Waals surface area (Å²) in [6.07, 6.45) is 0. The van der Waals surface area contributed by atoms with Gasteiger partial charge in [-0.1, -0.05) is 11.6 Å². The van der Waals surface area contributed by atoms with Gasteiger partial charge in [-0.05, 0) is 17.5 Å². The second-order valence-electron chi connectivity index (χ2n) is 3.36. The zero-order valence-corrected chi connectivity index (χ0v) is 9.06. The molecule has 82 valence electrons. The van der Waals surface area contributed by atoms with Crippen LogP contribution in [0.5, 0.6) is 0 Å². The van der Waals surface area contributed by atoms with Crippen LogP contribution in [0.2, 0.25) is 5.15 Å². The van der Waals surface area contributed by atoms with Gasteiger partial charge in [-0.15, -0.1) is 0 Å². The van der Waals surface area contributed by atoms with Crippen molar-refractivity contribution in [2.75, 3.05) is 0 Å². The maximum Gasteiger partial charge on any atom is 0.270 e. The highest BCUT2D eigenvalue weighted by molar-refractivity contribution is 6.30. The molecule has 1 aromatic carbocycles. The fourth-order valence-corrected chi connectivity index (χ4v) is 1.67. The lowest BCUT2D eigenvalue weighted by Gasteiger charge is -2.03. The van der Waals surface area contributed by atoms with Crippen LogP contribution in [0.15, 0.2) is 29.1 Å². The van der Waals surface area contributed by atoms with Crippen molar-refractivity contribution >= 4 is 28.1 Å². The topological polar surface area (TPSA) is 65.1 Å². The second kappa shape index (κ2) is 3.61. The van der Waals surface area contributed by atoms with Crippen LogP contribution >= 0.6 is 11.6 Å². The van der Waals surface area contributed by atoms with E-state index in [4.69, 9.17) is 11.6 Å². The Morgan fingerprint density at radius 1 is 1.38 bits per heavy atom. The first-order chi connectivity index (χ1) is 7.50. The van der Waals surface area contributed by atoms with Gasteiger partial charge in [-0.25, -0.2) is 0 Å². The third kappa shape index (κ3) is 1.55. The SMILES string of the molecule is Cn1c(Cl)cc2ccc([N+](=O)[O-])cc2c1=O. The third-order valence-corrected chi connectivity index (χ3v) is 2.74. The van der Waals surface area contributed by atoms with Crippen molar-refractivity contribution in [3.63, 3.8) is 0 Å². The van der Waals surface area contributed by atoms with Crippen LogP contribution < -0.4 is 5.56 Å². The molecule has 2 aromatic rings. The van der Waals surface area contributed by atoms with Gasteiger partial charge in [0, 0.05) is 19.2 Å². The van der Waals surface area contributed by atoms with Gasteiger partial charge in [0.05, 0.1) is 10.3 Å². The molecule has 0 spiro atoms. The largest absolute Gasteiger partial charge is 0.302 e. The van der Waals surface area contributed by atoms with Crippen molar-refractivity contribution in [2.45, 2.75) is 0 Å². The fourth-order valence-electron chi connectivity index (χ4n) is 1.47. The number of nitrogens with zero attached hydrogens (tertiary/aromatic N) is 2. The number of aromatic nitrogens is 1. The molecule has 0 saturated heterocycles. The Balaban J connectivity index is 2.88. The van der Waals surface area contributed by atoms with Crippen LogP contribution in [0.25, 0.3) is 10.8 Å². The normalized spacial score (nSPS) is 10.6. The molecule has 0 amide bonds. The van der Waals surface area contributed by atoms with E-state index in [0.717, 1.165) is 0 Å². The van der Waals surface area contributed by atoms with Crippen LogP contribution in [0.3, 0.4) is 0 Å². The number of benzene rings is 1. The lowest BCUT2D eigenvalue weighted by atomic mass is 10.1. The Morgan fingerprint density at radius 3 is 2.69 bits per heavy atom. The summed E-state index contributed by atoms with van der Waals surface area (Å²) in [7, 11) is 1.52. The number of hydrogen-bond donors (Lipinski definition) is 0. The Kier molecular flexibility index (Phi) is 2.40. The summed E-state index contributed by atoms with van der Waals surface area (Å²) in [5, 5.41) is 11.8. The lowest BCUT2D eigenvalue weighted by Crippen LogP contribution is -2.17. The molecule has 1 heterocycles. The van der Waals surface area contributed by atoms with Crippen molar-refractivity contribution in [2.24, 2.45) is 7.05 Å². The zero-order chi connectivity index (χ0) is 11.9. The minimum absolute atomic E-state index is 0.105. The van der Waals surface area contributed by atoms with Gasteiger partial charge in [-0.2, -0.15) is 0 Å². The summed E-state index contributed by atoms with van der Waals surface area (Å²) in [5.41, 5.74) is -0.446. The first-order valence-corrected chi connectivity index (χ1v) is 4.82. The van der Waals surface area contributed by atoms with Gasteiger partial charge in [0.1, 0.15) is 5.15 Å². The van der Waals surface area contributed by atoms with E-state index < -0.39 is 4.92 Å². The Bertz CT molecular complexity index is 648. The Hall–Kier alpha value is -1.88. The molecule has 0 aliphatic rings. The third-order valence-electron chi connectivity index (χ3n) is 2.38. The monoisotopic (exact) mass is 238 g/mol. The molecule has 5 nitrogen and oxygen atoms in total. The van der Waals surface area contributed by atoms with Crippen LogP contribution in [0, 0.1) is 10.1 Å². The number of nitro benzene ring substituents is 1. The molecule has 0 N–H and O–H groups in total. The van der Waals surface area contributed by atoms with Gasteiger partial charge in [0.25, 0.3) is 11.2 Å². The first-order valence-electron chi connectivity index (χ1n) is 4.44. The standard InChI is InChI=1S/C10H7ClN2O3/c1-12-9(11)4-6-2-3-7(13(15)16)5-8(6)10(12)14/h2-5H,1H3. The minimum Gasteiger partial charge on any atom is -0.302 e. The number of non-ortho nitro benzene ring substituents is 1. The number of hydrogen-bond acceptors (Lipinski definition) is 3. The predicted molar refractivity (Wildman–Crippen MR) is 60.9 cm³/mol. The van der Waals surface area contributed by atoms with Crippen molar-refractivity contribution in [1.29, 1.82) is 0 Å². The summed E-state index contributed by atoms with van der Waals surface area (Å²) in [6.45, 7) is 0. The highest BCUT2D eigenvalue weighted by atomic mass is 35.5. The molecule has 0 unspecified atom stereocenters. The van der Waals surface area contributed by atoms with Crippen LogP contribution in [-0.4, -0.2) is 9.49 Å². The van der Waals surface area contributed by atoms with E-state index in [-0.39, 0.29) is 11.2 Å². The molecule has 0 radical (unpaired) electrons. The van der Waals surface area contributed by atoms with Crippen LogP contribution in [0.4, 0.5) is 5.69 Å². The van der Waals surface area contributed by atoms with Crippen molar-refractivity contribution < 1.29 is 4.92 Å². The van der Waals surface area contributed by atoms with Gasteiger partial charge >= 0.3 is 0 Å². The molecular weight excluding hydrogens is 232 g/mol. The minimum atomic E-state index is -0.534. The zero-order valence-electron chi connectivity index (χ0n) is 8.31. The second-order valence-corrected chi connectivity index (χ2v) is 3.75. The van der Waals surface area contributed by atoms with E-state index in [2.05, 4.69) is 0 Å². The summed E-state index contributed by atoms with van der Waals surface area (Å²) >= 11 is 5.82. The number of halogens is 1. The maximum atomic E-state index is 11.8. The molecular formula is C10H7ClN2O3. The summed E-state index contributed by atoms with van der Waals surface area (Å²) in [6, 6.07) is 5.72. The van der Waals surface area contributed by atoms with Gasteiger partial charge in [0.15, 0.2) is 0 Å². The van der Waals surface area contributed by atoms with Crippen molar-refractivity contribution in [3.8, 4) is 0 Å². The Morgan fingerprint density at radius 2 is 2.06 bits per heavy atom. The first kappa shape index (κ1) is 10.6. The predicted octanol–water partition coefficient (Wildman–Crippen LogP) is 2.10. The molecule has 6 heteroatoms. The molecule has 2 rings (SSSR count). The van der Waals surface area contributed by atoms with E-state index in [9.17, 15) is 14.9 Å². The number of nitro groups is 1. The van der Waals surface area contributed by atoms with Crippen molar-refractivity contribution in [3.05, 3.63) is 49.9 Å². The number of pyridine rings is 1.